The number of likely N-dealkylation sites (tertiary alicyclic amines) is 1. The van der Waals surface area contributed by atoms with Crippen LogP contribution in [0.1, 0.15) is 43.0 Å². The molecule has 0 bridgehead atoms. The molecule has 1 aliphatic heterocycles. The average Bonchev–Trinajstić information content (AvgIpc) is 3.32. The summed E-state index contributed by atoms with van der Waals surface area (Å²) in [4.78, 5) is 11.6. The van der Waals surface area contributed by atoms with Gasteiger partial charge in [-0.25, -0.2) is 9.97 Å². The van der Waals surface area contributed by atoms with Crippen LogP contribution in [0.4, 0.5) is 0 Å². The number of aromatic amines is 1. The van der Waals surface area contributed by atoms with Crippen molar-refractivity contribution in [2.24, 2.45) is 0 Å². The van der Waals surface area contributed by atoms with Crippen LogP contribution in [-0.4, -0.2) is 38.2 Å². The molecule has 136 valence electrons. The molecule has 26 heavy (non-hydrogen) atoms. The first-order valence-electron chi connectivity index (χ1n) is 9.05. The van der Waals surface area contributed by atoms with Crippen LogP contribution in [-0.2, 0) is 13.0 Å². The Hall–Kier alpha value is -2.18. The summed E-state index contributed by atoms with van der Waals surface area (Å²) in [6, 6.07) is 7.56. The lowest BCUT2D eigenvalue weighted by atomic mass is 9.96. The molecule has 1 N–H and O–H groups in total. The van der Waals surface area contributed by atoms with Crippen molar-refractivity contribution in [1.29, 1.82) is 0 Å². The Morgan fingerprint density at radius 1 is 1.27 bits per heavy atom. The summed E-state index contributed by atoms with van der Waals surface area (Å²) >= 11 is 6.04. The summed E-state index contributed by atoms with van der Waals surface area (Å²) in [6.07, 6.45) is 4.78. The maximum atomic E-state index is 6.04. The van der Waals surface area contributed by atoms with Gasteiger partial charge >= 0.3 is 0 Å². The van der Waals surface area contributed by atoms with Crippen molar-refractivity contribution in [1.82, 2.24) is 25.1 Å². The van der Waals surface area contributed by atoms with E-state index in [1.165, 1.54) is 0 Å². The van der Waals surface area contributed by atoms with Crippen LogP contribution >= 0.6 is 11.6 Å². The highest BCUT2D eigenvalue weighted by Crippen LogP contribution is 2.27. The first-order chi connectivity index (χ1) is 12.7. The monoisotopic (exact) mass is 371 g/mol. The number of halogens is 1. The predicted octanol–water partition coefficient (Wildman–Crippen LogP) is 4.06. The quantitative estimate of drug-likeness (QED) is 0.732. The van der Waals surface area contributed by atoms with Crippen molar-refractivity contribution in [3.8, 4) is 11.5 Å². The molecule has 4 rings (SSSR count). The summed E-state index contributed by atoms with van der Waals surface area (Å²) < 4.78 is 5.63. The summed E-state index contributed by atoms with van der Waals surface area (Å²) in [5.41, 5.74) is 1.85. The largest absolute Gasteiger partial charge is 0.444 e. The fraction of sp³-hybridized carbons (Fsp3) is 0.421. The van der Waals surface area contributed by atoms with Gasteiger partial charge in [0.2, 0.25) is 5.89 Å². The van der Waals surface area contributed by atoms with E-state index < -0.39 is 0 Å². The van der Waals surface area contributed by atoms with E-state index in [1.54, 1.807) is 6.26 Å². The minimum Gasteiger partial charge on any atom is -0.444 e. The molecule has 0 unspecified atom stereocenters. The summed E-state index contributed by atoms with van der Waals surface area (Å²) in [6.45, 7) is 4.91. The van der Waals surface area contributed by atoms with E-state index in [1.807, 2.05) is 24.3 Å². The van der Waals surface area contributed by atoms with Crippen molar-refractivity contribution in [3.63, 3.8) is 0 Å². The van der Waals surface area contributed by atoms with Crippen molar-refractivity contribution in [2.75, 3.05) is 13.1 Å². The third kappa shape index (κ3) is 3.81. The zero-order chi connectivity index (χ0) is 17.9. The SMILES string of the molecule is CCc1nc(C2CCN(Cc3coc(-c4cccc(Cl)c4)n3)CC2)n[nH]1. The molecule has 6 nitrogen and oxygen atoms in total. The second-order valence-electron chi connectivity index (χ2n) is 6.70. The normalized spacial score (nSPS) is 16.2. The van der Waals surface area contributed by atoms with Crippen LogP contribution in [0.5, 0.6) is 0 Å². The standard InChI is InChI=1S/C19H22ClN5O/c1-2-17-22-18(24-23-17)13-6-8-25(9-7-13)11-16-12-26-19(21-16)14-4-3-5-15(20)10-14/h3-5,10,12-13H,2,6-9,11H2,1H3,(H,22,23,24). The minimum atomic E-state index is 0.446. The molecule has 7 heteroatoms. The smallest absolute Gasteiger partial charge is 0.226 e. The third-order valence-corrected chi connectivity index (χ3v) is 5.08. The average molecular weight is 372 g/mol. The van der Waals surface area contributed by atoms with Gasteiger partial charge in [-0.1, -0.05) is 24.6 Å². The zero-order valence-corrected chi connectivity index (χ0v) is 15.5. The van der Waals surface area contributed by atoms with Crippen LogP contribution < -0.4 is 0 Å². The van der Waals surface area contributed by atoms with Crippen molar-refractivity contribution in [3.05, 3.63) is 52.9 Å². The van der Waals surface area contributed by atoms with Gasteiger partial charge in [-0.15, -0.1) is 0 Å². The number of hydrogen-bond acceptors (Lipinski definition) is 5. The highest BCUT2D eigenvalue weighted by molar-refractivity contribution is 6.30. The summed E-state index contributed by atoms with van der Waals surface area (Å²) in [5, 5.41) is 8.07. The number of oxazole rings is 1. The van der Waals surface area contributed by atoms with Gasteiger partial charge in [0.1, 0.15) is 12.1 Å². The van der Waals surface area contributed by atoms with Crippen LogP contribution in [0, 0.1) is 0 Å². The molecule has 1 fully saturated rings. The van der Waals surface area contributed by atoms with Gasteiger partial charge in [0.15, 0.2) is 5.82 Å². The molecule has 2 aromatic heterocycles. The molecule has 0 amide bonds. The molecule has 0 spiro atoms. The molecular formula is C19H22ClN5O. The molecule has 3 aromatic rings. The molecule has 1 saturated heterocycles. The summed E-state index contributed by atoms with van der Waals surface area (Å²) in [5.74, 6) is 3.00. The molecule has 0 saturated carbocycles. The fourth-order valence-electron chi connectivity index (χ4n) is 3.36. The van der Waals surface area contributed by atoms with Crippen molar-refractivity contribution < 1.29 is 4.42 Å². The Balaban J connectivity index is 1.34. The van der Waals surface area contributed by atoms with E-state index in [2.05, 4.69) is 32.0 Å². The second-order valence-corrected chi connectivity index (χ2v) is 7.14. The van der Waals surface area contributed by atoms with E-state index in [9.17, 15) is 0 Å². The first kappa shape index (κ1) is 17.2. The van der Waals surface area contributed by atoms with Gasteiger partial charge in [0.25, 0.3) is 0 Å². The maximum Gasteiger partial charge on any atom is 0.226 e. The van der Waals surface area contributed by atoms with Crippen LogP contribution in [0.3, 0.4) is 0 Å². The van der Waals surface area contributed by atoms with Gasteiger partial charge < -0.3 is 4.42 Å². The summed E-state index contributed by atoms with van der Waals surface area (Å²) in [7, 11) is 0. The molecule has 1 aliphatic rings. The van der Waals surface area contributed by atoms with Gasteiger partial charge in [0.05, 0.1) is 5.69 Å². The van der Waals surface area contributed by atoms with Gasteiger partial charge in [-0.05, 0) is 44.1 Å². The molecule has 3 heterocycles. The van der Waals surface area contributed by atoms with E-state index >= 15 is 0 Å². The highest BCUT2D eigenvalue weighted by Gasteiger charge is 2.24. The molecule has 1 aromatic carbocycles. The van der Waals surface area contributed by atoms with E-state index in [4.69, 9.17) is 16.0 Å². The van der Waals surface area contributed by atoms with Gasteiger partial charge in [-0.2, -0.15) is 5.10 Å². The van der Waals surface area contributed by atoms with Gasteiger partial charge in [-0.3, -0.25) is 10.00 Å². The molecule has 0 atom stereocenters. The van der Waals surface area contributed by atoms with E-state index in [0.29, 0.717) is 16.8 Å². The predicted molar refractivity (Wildman–Crippen MR) is 100.0 cm³/mol. The minimum absolute atomic E-state index is 0.446. The number of aryl methyl sites for hydroxylation is 1. The number of H-pyrrole nitrogens is 1. The lowest BCUT2D eigenvalue weighted by Gasteiger charge is -2.29. The maximum absolute atomic E-state index is 6.04. The van der Waals surface area contributed by atoms with E-state index in [-0.39, 0.29) is 0 Å². The van der Waals surface area contributed by atoms with Gasteiger partial charge in [0, 0.05) is 29.5 Å². The number of hydrogen-bond donors (Lipinski definition) is 1. The third-order valence-electron chi connectivity index (χ3n) is 4.85. The van der Waals surface area contributed by atoms with E-state index in [0.717, 1.165) is 61.8 Å². The van der Waals surface area contributed by atoms with Crippen molar-refractivity contribution >= 4 is 11.6 Å². The van der Waals surface area contributed by atoms with Crippen LogP contribution in [0.15, 0.2) is 34.9 Å². The Kier molecular flexibility index (Phi) is 5.04. The lowest BCUT2D eigenvalue weighted by Crippen LogP contribution is -2.32. The molecular weight excluding hydrogens is 350 g/mol. The Morgan fingerprint density at radius 3 is 2.85 bits per heavy atom. The Morgan fingerprint density at radius 2 is 2.12 bits per heavy atom. The Labute approximate surface area is 157 Å². The molecule has 0 aliphatic carbocycles. The van der Waals surface area contributed by atoms with Crippen molar-refractivity contribution in [2.45, 2.75) is 38.6 Å². The number of benzene rings is 1. The first-order valence-corrected chi connectivity index (χ1v) is 9.43. The topological polar surface area (TPSA) is 70.8 Å². The second kappa shape index (κ2) is 7.60. The highest BCUT2D eigenvalue weighted by atomic mass is 35.5. The zero-order valence-electron chi connectivity index (χ0n) is 14.8. The number of rotatable bonds is 5. The van der Waals surface area contributed by atoms with Crippen LogP contribution in [0.25, 0.3) is 11.5 Å². The number of nitrogens with zero attached hydrogens (tertiary/aromatic N) is 4. The molecule has 0 radical (unpaired) electrons. The number of nitrogens with one attached hydrogen (secondary N) is 1. The number of aromatic nitrogens is 4. The Bertz CT molecular complexity index is 866. The number of piperidine rings is 1. The van der Waals surface area contributed by atoms with Crippen LogP contribution in [0.2, 0.25) is 5.02 Å². The lowest BCUT2D eigenvalue weighted by molar-refractivity contribution is 0.199. The fourth-order valence-corrected chi connectivity index (χ4v) is 3.55.